The van der Waals surface area contributed by atoms with Crippen molar-refractivity contribution >= 4 is 64.4 Å². The van der Waals surface area contributed by atoms with Gasteiger partial charge in [0.05, 0.1) is 20.3 Å². The molecule has 0 radical (unpaired) electrons. The molecule has 2 fully saturated rings. The lowest BCUT2D eigenvalue weighted by Gasteiger charge is -2.46. The van der Waals surface area contributed by atoms with Crippen LogP contribution < -0.4 is 19.8 Å². The van der Waals surface area contributed by atoms with Gasteiger partial charge in [-0.05, 0) is 56.0 Å². The largest absolute Gasteiger partial charge is 0.496 e. The molecule has 0 aliphatic carbocycles. The highest BCUT2D eigenvalue weighted by molar-refractivity contribution is 7.22. The number of hydrogen-bond donors (Lipinski definition) is 1. The Morgan fingerprint density at radius 3 is 2.19 bits per heavy atom. The second-order valence-corrected chi connectivity index (χ2v) is 14.1. The lowest BCUT2D eigenvalue weighted by Crippen LogP contribution is -2.56. The topological polar surface area (TPSA) is 91.8 Å². The van der Waals surface area contributed by atoms with Gasteiger partial charge in [-0.1, -0.05) is 46.9 Å². The number of nitrogens with zero attached hydrogens (tertiary/aromatic N) is 7. The van der Waals surface area contributed by atoms with Crippen molar-refractivity contribution in [3.63, 3.8) is 0 Å². The quantitative estimate of drug-likeness (QED) is 0.177. The van der Waals surface area contributed by atoms with E-state index < -0.39 is 0 Å². The number of rotatable bonds is 9. The fraction of sp³-hybridized carbons (Fsp3) is 0.371. The van der Waals surface area contributed by atoms with Gasteiger partial charge in [0.15, 0.2) is 5.13 Å². The maximum atomic E-state index is 5.96. The third-order valence-corrected chi connectivity index (χ3v) is 11.3. The highest BCUT2D eigenvalue weighted by Gasteiger charge is 2.34. The first-order valence-electron chi connectivity index (χ1n) is 16.3. The molecule has 4 aromatic heterocycles. The lowest BCUT2D eigenvalue weighted by atomic mass is 10.0. The molecule has 242 valence electrons. The van der Waals surface area contributed by atoms with Crippen molar-refractivity contribution in [2.75, 3.05) is 50.7 Å². The SMILES string of the molecule is COc1cc(CN2CCC(N(c3nc4cccnc4s3)N3CCC(Nc4nc5cccnc5s4)CC3)CC2)c(OC)c2ccccc12. The number of aromatic nitrogens is 4. The number of hydrazine groups is 1. The van der Waals surface area contributed by atoms with Crippen LogP contribution in [-0.4, -0.2) is 82.3 Å². The second kappa shape index (κ2) is 13.2. The molecule has 6 heterocycles. The number of methoxy groups -OCH3 is 2. The Balaban J connectivity index is 0.983. The molecule has 0 bridgehead atoms. The van der Waals surface area contributed by atoms with E-state index >= 15 is 0 Å². The first kappa shape index (κ1) is 30.2. The molecular weight excluding hydrogens is 629 g/mol. The van der Waals surface area contributed by atoms with Crippen molar-refractivity contribution in [3.05, 3.63) is 72.6 Å². The molecule has 47 heavy (non-hydrogen) atoms. The van der Waals surface area contributed by atoms with Gasteiger partial charge in [0, 0.05) is 67.5 Å². The molecule has 12 heteroatoms. The van der Waals surface area contributed by atoms with Crippen LogP contribution in [-0.2, 0) is 6.54 Å². The average molecular weight is 667 g/mol. The molecule has 1 N–H and O–H groups in total. The maximum Gasteiger partial charge on any atom is 0.202 e. The van der Waals surface area contributed by atoms with E-state index in [1.807, 2.05) is 36.7 Å². The summed E-state index contributed by atoms with van der Waals surface area (Å²) >= 11 is 3.33. The maximum absolute atomic E-state index is 5.96. The molecular formula is C35H38N8O2S2. The molecule has 8 rings (SSSR count). The first-order chi connectivity index (χ1) is 23.2. The van der Waals surface area contributed by atoms with Crippen molar-refractivity contribution in [2.45, 2.75) is 44.3 Å². The highest BCUT2D eigenvalue weighted by atomic mass is 32.1. The molecule has 2 aliphatic rings. The van der Waals surface area contributed by atoms with Gasteiger partial charge in [0.2, 0.25) is 5.13 Å². The van der Waals surface area contributed by atoms with Gasteiger partial charge in [-0.3, -0.25) is 9.91 Å². The first-order valence-corrected chi connectivity index (χ1v) is 17.9. The van der Waals surface area contributed by atoms with Gasteiger partial charge < -0.3 is 14.8 Å². The molecule has 0 atom stereocenters. The monoisotopic (exact) mass is 666 g/mol. The summed E-state index contributed by atoms with van der Waals surface area (Å²) in [6.45, 7) is 4.72. The Kier molecular flexibility index (Phi) is 8.49. The molecule has 0 saturated carbocycles. The van der Waals surface area contributed by atoms with E-state index in [-0.39, 0.29) is 0 Å². The Morgan fingerprint density at radius 2 is 1.51 bits per heavy atom. The van der Waals surface area contributed by atoms with E-state index in [2.05, 4.69) is 60.5 Å². The standard InChI is InChI=1S/C35H38N8O2S2/c1-44-30-21-23(31(45-2)27-8-4-3-7-26(27)30)22-41-17-13-25(14-18-41)43(35-40-29-10-6-16-37-33(29)47-35)42-19-11-24(12-20-42)38-34-39-28-9-5-15-36-32(28)46-34/h3-10,15-16,21,24-25H,11-14,17-20,22H2,1-2H3,(H,38,39). The molecule has 10 nitrogen and oxygen atoms in total. The van der Waals surface area contributed by atoms with Crippen molar-refractivity contribution in [2.24, 2.45) is 0 Å². The Bertz CT molecular complexity index is 1930. The van der Waals surface area contributed by atoms with Crippen LogP contribution >= 0.6 is 22.7 Å². The number of fused-ring (bicyclic) bond motifs is 3. The highest BCUT2D eigenvalue weighted by Crippen LogP contribution is 2.39. The number of anilines is 2. The lowest BCUT2D eigenvalue weighted by molar-refractivity contribution is 0.134. The van der Waals surface area contributed by atoms with Gasteiger partial charge >= 0.3 is 0 Å². The van der Waals surface area contributed by atoms with Crippen molar-refractivity contribution in [3.8, 4) is 11.5 Å². The number of hydrogen-bond acceptors (Lipinski definition) is 12. The summed E-state index contributed by atoms with van der Waals surface area (Å²) in [5.41, 5.74) is 3.08. The number of thiazole rings is 2. The summed E-state index contributed by atoms with van der Waals surface area (Å²) < 4.78 is 11.8. The molecule has 0 spiro atoms. The summed E-state index contributed by atoms with van der Waals surface area (Å²) in [6, 6.07) is 19.2. The zero-order valence-electron chi connectivity index (χ0n) is 26.6. The number of pyridine rings is 2. The molecule has 2 saturated heterocycles. The van der Waals surface area contributed by atoms with Gasteiger partial charge in [-0.25, -0.2) is 24.9 Å². The van der Waals surface area contributed by atoms with Gasteiger partial charge in [0.25, 0.3) is 0 Å². The fourth-order valence-corrected chi connectivity index (χ4v) is 8.95. The van der Waals surface area contributed by atoms with Crippen LogP contribution in [0, 0.1) is 0 Å². The minimum atomic E-state index is 0.361. The van der Waals surface area contributed by atoms with Gasteiger partial charge in [-0.2, -0.15) is 0 Å². The Hall–Kier alpha value is -4.10. The predicted molar refractivity (Wildman–Crippen MR) is 191 cm³/mol. The van der Waals surface area contributed by atoms with Crippen LogP contribution in [0.2, 0.25) is 0 Å². The van der Waals surface area contributed by atoms with Crippen LogP contribution in [0.3, 0.4) is 0 Å². The number of piperidine rings is 2. The summed E-state index contributed by atoms with van der Waals surface area (Å²) in [4.78, 5) is 23.5. The van der Waals surface area contributed by atoms with E-state index in [0.717, 1.165) is 117 Å². The van der Waals surface area contributed by atoms with E-state index in [1.54, 1.807) is 36.9 Å². The molecule has 6 aromatic rings. The minimum Gasteiger partial charge on any atom is -0.496 e. The number of nitrogens with one attached hydrogen (secondary N) is 1. The predicted octanol–water partition coefficient (Wildman–Crippen LogP) is 6.83. The fourth-order valence-electron chi connectivity index (χ4n) is 7.06. The smallest absolute Gasteiger partial charge is 0.202 e. The normalized spacial score (nSPS) is 17.1. The van der Waals surface area contributed by atoms with E-state index in [9.17, 15) is 0 Å². The van der Waals surface area contributed by atoms with Crippen LogP contribution in [0.1, 0.15) is 31.2 Å². The summed E-state index contributed by atoms with van der Waals surface area (Å²) in [7, 11) is 3.51. The average Bonchev–Trinajstić information content (AvgIpc) is 3.73. The van der Waals surface area contributed by atoms with Crippen LogP contribution in [0.25, 0.3) is 31.5 Å². The van der Waals surface area contributed by atoms with Crippen LogP contribution in [0.5, 0.6) is 11.5 Å². The van der Waals surface area contributed by atoms with E-state index in [4.69, 9.17) is 19.4 Å². The molecule has 2 aliphatic heterocycles. The van der Waals surface area contributed by atoms with Gasteiger partial charge in [0.1, 0.15) is 32.2 Å². The van der Waals surface area contributed by atoms with E-state index in [1.165, 1.54) is 0 Å². The molecule has 2 aromatic carbocycles. The second-order valence-electron chi connectivity index (χ2n) is 12.2. The molecule has 0 unspecified atom stereocenters. The summed E-state index contributed by atoms with van der Waals surface area (Å²) in [5, 5.41) is 12.9. The van der Waals surface area contributed by atoms with Crippen LogP contribution in [0.4, 0.5) is 10.3 Å². The van der Waals surface area contributed by atoms with E-state index in [0.29, 0.717) is 12.1 Å². The Morgan fingerprint density at radius 1 is 0.809 bits per heavy atom. The van der Waals surface area contributed by atoms with Crippen molar-refractivity contribution < 1.29 is 9.47 Å². The summed E-state index contributed by atoms with van der Waals surface area (Å²) in [5.74, 6) is 1.82. The van der Waals surface area contributed by atoms with Crippen molar-refractivity contribution in [1.82, 2.24) is 29.8 Å². The third kappa shape index (κ3) is 6.06. The molecule has 0 amide bonds. The zero-order chi connectivity index (χ0) is 31.7. The summed E-state index contributed by atoms with van der Waals surface area (Å²) in [6.07, 6.45) is 7.85. The van der Waals surface area contributed by atoms with Crippen molar-refractivity contribution in [1.29, 1.82) is 0 Å². The minimum absolute atomic E-state index is 0.361. The number of ether oxygens (including phenoxy) is 2. The number of benzene rings is 2. The Labute approximate surface area is 282 Å². The zero-order valence-corrected chi connectivity index (χ0v) is 28.3. The third-order valence-electron chi connectivity index (χ3n) is 9.38. The van der Waals surface area contributed by atoms with Gasteiger partial charge in [-0.15, -0.1) is 0 Å². The van der Waals surface area contributed by atoms with Crippen LogP contribution in [0.15, 0.2) is 67.0 Å². The number of likely N-dealkylation sites (tertiary alicyclic amines) is 1.